The Morgan fingerprint density at radius 2 is 0.811 bits per heavy atom. The molecule has 0 saturated heterocycles. The quantitative estimate of drug-likeness (QED) is 0.249. The zero-order valence-corrected chi connectivity index (χ0v) is 20.1. The fraction of sp³-hybridized carbons (Fsp3) is 0.0303. The van der Waals surface area contributed by atoms with Gasteiger partial charge in [0.05, 0.1) is 0 Å². The topological polar surface area (TPSA) is 70.5 Å². The molecule has 7 rings (SSSR count). The summed E-state index contributed by atoms with van der Waals surface area (Å²) in [4.78, 5) is 0. The van der Waals surface area contributed by atoms with E-state index in [1.165, 1.54) is 22.3 Å². The van der Waals surface area contributed by atoms with Crippen LogP contribution < -0.4 is 20.9 Å². The molecule has 0 bridgehead atoms. The summed E-state index contributed by atoms with van der Waals surface area (Å²) in [5.74, 6) is 3.23. The van der Waals surface area contributed by atoms with Crippen LogP contribution in [0, 0.1) is 0 Å². The second-order valence-corrected chi connectivity index (χ2v) is 9.56. The number of hydrogen-bond acceptors (Lipinski definition) is 4. The van der Waals surface area contributed by atoms with Gasteiger partial charge in [0.2, 0.25) is 0 Å². The van der Waals surface area contributed by atoms with Crippen molar-refractivity contribution in [1.82, 2.24) is 0 Å². The molecule has 1 aliphatic carbocycles. The molecular formula is C33H24N2O2. The maximum atomic E-state index is 6.22. The molecular weight excluding hydrogens is 456 g/mol. The minimum atomic E-state index is 0.744. The van der Waals surface area contributed by atoms with Crippen molar-refractivity contribution in [3.63, 3.8) is 0 Å². The highest BCUT2D eigenvalue weighted by atomic mass is 16.5. The van der Waals surface area contributed by atoms with Gasteiger partial charge >= 0.3 is 0 Å². The second-order valence-electron chi connectivity index (χ2n) is 9.56. The van der Waals surface area contributed by atoms with Crippen LogP contribution in [0.2, 0.25) is 0 Å². The highest BCUT2D eigenvalue weighted by Gasteiger charge is 2.20. The summed E-state index contributed by atoms with van der Waals surface area (Å²) in [7, 11) is 0. The molecule has 0 fully saturated rings. The largest absolute Gasteiger partial charge is 0.457 e. The lowest BCUT2D eigenvalue weighted by molar-refractivity contribution is 0.483. The van der Waals surface area contributed by atoms with E-state index in [0.717, 1.165) is 62.3 Å². The molecule has 0 aromatic heterocycles. The first-order valence-electron chi connectivity index (χ1n) is 12.3. The summed E-state index contributed by atoms with van der Waals surface area (Å²) < 4.78 is 12.4. The van der Waals surface area contributed by atoms with E-state index in [1.807, 2.05) is 72.8 Å². The molecule has 0 radical (unpaired) electrons. The molecule has 6 aromatic rings. The molecule has 0 saturated carbocycles. The molecule has 4 heteroatoms. The van der Waals surface area contributed by atoms with Crippen LogP contribution in [-0.2, 0) is 6.42 Å². The molecule has 0 unspecified atom stereocenters. The predicted octanol–water partition coefficient (Wildman–Crippen LogP) is 8.31. The van der Waals surface area contributed by atoms with Gasteiger partial charge in [-0.25, -0.2) is 0 Å². The molecule has 0 atom stereocenters. The van der Waals surface area contributed by atoms with Crippen molar-refractivity contribution in [2.45, 2.75) is 6.42 Å². The molecule has 0 spiro atoms. The summed E-state index contributed by atoms with van der Waals surface area (Å²) in [6.45, 7) is 0. The lowest BCUT2D eigenvalue weighted by atomic mass is 10.1. The number of fused-ring (bicyclic) bond motifs is 5. The van der Waals surface area contributed by atoms with Crippen LogP contribution in [-0.4, -0.2) is 0 Å². The molecule has 0 amide bonds. The number of anilines is 2. The van der Waals surface area contributed by atoms with Gasteiger partial charge in [-0.15, -0.1) is 0 Å². The third-order valence-corrected chi connectivity index (χ3v) is 6.97. The normalized spacial score (nSPS) is 11.9. The van der Waals surface area contributed by atoms with Crippen molar-refractivity contribution in [3.8, 4) is 34.1 Å². The van der Waals surface area contributed by atoms with E-state index in [1.54, 1.807) is 0 Å². The van der Waals surface area contributed by atoms with Gasteiger partial charge in [-0.3, -0.25) is 0 Å². The maximum absolute atomic E-state index is 6.22. The van der Waals surface area contributed by atoms with Gasteiger partial charge in [-0.05, 0) is 123 Å². The first kappa shape index (κ1) is 21.3. The number of ether oxygens (including phenoxy) is 2. The van der Waals surface area contributed by atoms with E-state index in [0.29, 0.717) is 0 Å². The van der Waals surface area contributed by atoms with Gasteiger partial charge in [0.1, 0.15) is 23.0 Å². The van der Waals surface area contributed by atoms with Crippen LogP contribution in [0.15, 0.2) is 109 Å². The van der Waals surface area contributed by atoms with Crippen molar-refractivity contribution in [2.24, 2.45) is 0 Å². The lowest BCUT2D eigenvalue weighted by Gasteiger charge is -2.10. The van der Waals surface area contributed by atoms with Crippen molar-refractivity contribution in [3.05, 3.63) is 120 Å². The van der Waals surface area contributed by atoms with Crippen molar-refractivity contribution in [2.75, 3.05) is 11.5 Å². The van der Waals surface area contributed by atoms with Crippen molar-refractivity contribution in [1.29, 1.82) is 0 Å². The van der Waals surface area contributed by atoms with E-state index in [9.17, 15) is 0 Å². The Bertz CT molecular complexity index is 1710. The molecule has 0 aliphatic heterocycles. The number of rotatable bonds is 4. The zero-order valence-electron chi connectivity index (χ0n) is 20.1. The standard InChI is InChI=1S/C33H24N2O2/c34-26-5-1-20-3-7-28(16-22(20)14-26)36-30-9-11-32-24(18-30)13-25-19-31(10-12-33(25)32)37-29-8-4-21-2-6-27(35)15-23(21)17-29/h1-12,14-19H,13,34-35H2. The first-order valence-corrected chi connectivity index (χ1v) is 12.3. The van der Waals surface area contributed by atoms with Crippen molar-refractivity contribution < 1.29 is 9.47 Å². The summed E-state index contributed by atoms with van der Waals surface area (Å²) in [6, 6.07) is 36.6. The third kappa shape index (κ3) is 3.99. The maximum Gasteiger partial charge on any atom is 0.128 e. The average Bonchev–Trinajstić information content (AvgIpc) is 3.25. The molecule has 0 heterocycles. The Morgan fingerprint density at radius 3 is 1.30 bits per heavy atom. The molecule has 6 aromatic carbocycles. The van der Waals surface area contributed by atoms with E-state index >= 15 is 0 Å². The van der Waals surface area contributed by atoms with E-state index in [4.69, 9.17) is 20.9 Å². The smallest absolute Gasteiger partial charge is 0.128 e. The summed E-state index contributed by atoms with van der Waals surface area (Å²) >= 11 is 0. The van der Waals surface area contributed by atoms with Crippen LogP contribution in [0.25, 0.3) is 32.7 Å². The fourth-order valence-electron chi connectivity index (χ4n) is 5.18. The van der Waals surface area contributed by atoms with E-state index < -0.39 is 0 Å². The Kier molecular flexibility index (Phi) is 4.79. The van der Waals surface area contributed by atoms with Crippen LogP contribution in [0.5, 0.6) is 23.0 Å². The van der Waals surface area contributed by atoms with Gasteiger partial charge in [0, 0.05) is 11.4 Å². The van der Waals surface area contributed by atoms with Gasteiger partial charge in [0.25, 0.3) is 0 Å². The average molecular weight is 481 g/mol. The highest BCUT2D eigenvalue weighted by Crippen LogP contribution is 2.41. The minimum absolute atomic E-state index is 0.744. The zero-order chi connectivity index (χ0) is 24.9. The van der Waals surface area contributed by atoms with Gasteiger partial charge in [-0.2, -0.15) is 0 Å². The van der Waals surface area contributed by atoms with Gasteiger partial charge in [0.15, 0.2) is 0 Å². The number of benzene rings is 6. The number of nitrogens with two attached hydrogens (primary N) is 2. The van der Waals surface area contributed by atoms with Gasteiger partial charge in [-0.1, -0.05) is 36.4 Å². The fourth-order valence-corrected chi connectivity index (χ4v) is 5.18. The Morgan fingerprint density at radius 1 is 0.405 bits per heavy atom. The lowest BCUT2D eigenvalue weighted by Crippen LogP contribution is -1.88. The van der Waals surface area contributed by atoms with Crippen molar-refractivity contribution >= 4 is 32.9 Å². The van der Waals surface area contributed by atoms with Crippen LogP contribution in [0.4, 0.5) is 11.4 Å². The Hall–Kier alpha value is -4.96. The van der Waals surface area contributed by atoms with E-state index in [2.05, 4.69) is 36.4 Å². The number of hydrogen-bond donors (Lipinski definition) is 2. The third-order valence-electron chi connectivity index (χ3n) is 6.97. The monoisotopic (exact) mass is 480 g/mol. The first-order chi connectivity index (χ1) is 18.1. The second kappa shape index (κ2) is 8.32. The van der Waals surface area contributed by atoms with E-state index in [-0.39, 0.29) is 0 Å². The van der Waals surface area contributed by atoms with Crippen LogP contribution in [0.3, 0.4) is 0 Å². The molecule has 4 N–H and O–H groups in total. The molecule has 1 aliphatic rings. The van der Waals surface area contributed by atoms with Crippen LogP contribution >= 0.6 is 0 Å². The highest BCUT2D eigenvalue weighted by molar-refractivity contribution is 5.87. The summed E-state index contributed by atoms with van der Waals surface area (Å²) in [5, 5.41) is 4.40. The Balaban J connectivity index is 1.12. The molecule has 4 nitrogen and oxygen atoms in total. The SMILES string of the molecule is Nc1ccc2ccc(Oc3ccc4c(c3)Cc3cc(Oc5ccc6ccc(N)cc6c5)ccc3-4)cc2c1. The predicted molar refractivity (Wildman–Crippen MR) is 152 cm³/mol. The summed E-state index contributed by atoms with van der Waals surface area (Å²) in [5.41, 5.74) is 18.4. The van der Waals surface area contributed by atoms with Gasteiger partial charge < -0.3 is 20.9 Å². The molecule has 37 heavy (non-hydrogen) atoms. The number of nitrogen functional groups attached to an aromatic ring is 2. The minimum Gasteiger partial charge on any atom is -0.457 e. The molecule has 178 valence electrons. The van der Waals surface area contributed by atoms with Crippen LogP contribution in [0.1, 0.15) is 11.1 Å². The summed E-state index contributed by atoms with van der Waals surface area (Å²) in [6.07, 6.45) is 0.835. The Labute approximate surface area is 214 Å².